The first-order chi connectivity index (χ1) is 12.7. The Morgan fingerprint density at radius 1 is 1.19 bits per heavy atom. The van der Waals surface area contributed by atoms with E-state index >= 15 is 0 Å². The predicted octanol–water partition coefficient (Wildman–Crippen LogP) is 2.47. The number of benzene rings is 1. The van der Waals surface area contributed by atoms with Crippen molar-refractivity contribution in [2.45, 2.75) is 26.4 Å². The van der Waals surface area contributed by atoms with Crippen molar-refractivity contribution >= 4 is 17.2 Å². The minimum absolute atomic E-state index is 0.0262. The van der Waals surface area contributed by atoms with Crippen LogP contribution in [0.2, 0.25) is 0 Å². The van der Waals surface area contributed by atoms with E-state index in [1.54, 1.807) is 10.7 Å². The third-order valence-corrected chi connectivity index (χ3v) is 4.17. The molecule has 138 valence electrons. The van der Waals surface area contributed by atoms with E-state index in [-0.39, 0.29) is 6.61 Å². The summed E-state index contributed by atoms with van der Waals surface area (Å²) in [6, 6.07) is 7.85. The number of nitrogens with two attached hydrogens (primary N) is 1. The molecular weight excluding hydrogens is 328 g/mol. The van der Waals surface area contributed by atoms with Crippen LogP contribution in [0.5, 0.6) is 0 Å². The van der Waals surface area contributed by atoms with Crippen LogP contribution in [0.1, 0.15) is 25.3 Å². The van der Waals surface area contributed by atoms with Gasteiger partial charge in [0.15, 0.2) is 5.65 Å². The number of nitrogens with one attached hydrogen (secondary N) is 2. The third kappa shape index (κ3) is 4.12. The monoisotopic (exact) mass is 354 g/mol. The van der Waals surface area contributed by atoms with Crippen molar-refractivity contribution in [3.63, 3.8) is 0 Å². The molecule has 0 saturated heterocycles. The maximum atomic E-state index is 9.59. The second kappa shape index (κ2) is 8.64. The van der Waals surface area contributed by atoms with Crippen LogP contribution in [0.15, 0.2) is 36.7 Å². The Balaban J connectivity index is 1.97. The highest BCUT2D eigenvalue weighted by Gasteiger charge is 2.11. The van der Waals surface area contributed by atoms with Crippen molar-refractivity contribution in [3.05, 3.63) is 42.2 Å². The fourth-order valence-corrected chi connectivity index (χ4v) is 2.82. The standard InChI is InChI=1S/C19H26N6O/c1-2-3-6-22-18-4-8-25-19(24-18)17(12-23-25)15-9-14(13-26)10-16(11-15)21-7-5-20/h4,8-12,21,26H,2-3,5-7,13,20H2,1H3,(H,22,24). The molecule has 0 fully saturated rings. The zero-order valence-corrected chi connectivity index (χ0v) is 15.1. The largest absolute Gasteiger partial charge is 0.392 e. The molecule has 0 unspecified atom stereocenters. The predicted molar refractivity (Wildman–Crippen MR) is 105 cm³/mol. The summed E-state index contributed by atoms with van der Waals surface area (Å²) in [6.45, 7) is 4.26. The topological polar surface area (TPSA) is 100 Å². The van der Waals surface area contributed by atoms with Crippen LogP contribution in [0.25, 0.3) is 16.8 Å². The Morgan fingerprint density at radius 2 is 2.08 bits per heavy atom. The molecule has 7 nitrogen and oxygen atoms in total. The van der Waals surface area contributed by atoms with Gasteiger partial charge >= 0.3 is 0 Å². The second-order valence-corrected chi connectivity index (χ2v) is 6.21. The Labute approximate surface area is 153 Å². The van der Waals surface area contributed by atoms with Crippen LogP contribution >= 0.6 is 0 Å². The van der Waals surface area contributed by atoms with Crippen LogP contribution in [-0.4, -0.2) is 39.3 Å². The van der Waals surface area contributed by atoms with Crippen molar-refractivity contribution in [1.29, 1.82) is 0 Å². The van der Waals surface area contributed by atoms with Crippen molar-refractivity contribution in [3.8, 4) is 11.1 Å². The number of hydrogen-bond donors (Lipinski definition) is 4. The number of aliphatic hydroxyl groups excluding tert-OH is 1. The molecule has 0 radical (unpaired) electrons. The SMILES string of the molecule is CCCCNc1ccn2ncc(-c3cc(CO)cc(NCCN)c3)c2n1. The third-order valence-electron chi connectivity index (χ3n) is 4.17. The van der Waals surface area contributed by atoms with Gasteiger partial charge < -0.3 is 21.5 Å². The summed E-state index contributed by atoms with van der Waals surface area (Å²) in [4.78, 5) is 4.72. The van der Waals surface area contributed by atoms with Crippen LogP contribution < -0.4 is 16.4 Å². The molecule has 2 heterocycles. The maximum absolute atomic E-state index is 9.59. The molecule has 0 bridgehead atoms. The summed E-state index contributed by atoms with van der Waals surface area (Å²) < 4.78 is 1.76. The summed E-state index contributed by atoms with van der Waals surface area (Å²) >= 11 is 0. The molecule has 0 atom stereocenters. The van der Waals surface area contributed by atoms with Gasteiger partial charge in [0.2, 0.25) is 0 Å². The Morgan fingerprint density at radius 3 is 2.85 bits per heavy atom. The van der Waals surface area contributed by atoms with Gasteiger partial charge in [-0.3, -0.25) is 0 Å². The van der Waals surface area contributed by atoms with E-state index in [1.165, 1.54) is 0 Å². The minimum atomic E-state index is -0.0262. The van der Waals surface area contributed by atoms with Gasteiger partial charge in [0.25, 0.3) is 0 Å². The van der Waals surface area contributed by atoms with E-state index in [9.17, 15) is 5.11 Å². The van der Waals surface area contributed by atoms with Gasteiger partial charge in [0, 0.05) is 37.1 Å². The zero-order valence-electron chi connectivity index (χ0n) is 15.1. The summed E-state index contributed by atoms with van der Waals surface area (Å²) in [6.07, 6.45) is 5.96. The molecular formula is C19H26N6O. The van der Waals surface area contributed by atoms with E-state index in [2.05, 4.69) is 22.7 Å². The molecule has 26 heavy (non-hydrogen) atoms. The molecule has 7 heteroatoms. The normalized spacial score (nSPS) is 11.0. The van der Waals surface area contributed by atoms with Crippen molar-refractivity contribution in [1.82, 2.24) is 14.6 Å². The molecule has 0 saturated carbocycles. The lowest BCUT2D eigenvalue weighted by Gasteiger charge is -2.10. The first-order valence-corrected chi connectivity index (χ1v) is 9.02. The zero-order chi connectivity index (χ0) is 18.4. The molecule has 3 aromatic rings. The first kappa shape index (κ1) is 18.2. The summed E-state index contributed by atoms with van der Waals surface area (Å²) in [5, 5.41) is 20.6. The summed E-state index contributed by atoms with van der Waals surface area (Å²) in [5.74, 6) is 0.840. The van der Waals surface area contributed by atoms with Crippen molar-refractivity contribution in [2.75, 3.05) is 30.3 Å². The molecule has 0 aliphatic heterocycles. The number of aromatic nitrogens is 3. The molecule has 0 aliphatic rings. The van der Waals surface area contributed by atoms with Gasteiger partial charge in [-0.15, -0.1) is 0 Å². The van der Waals surface area contributed by atoms with E-state index < -0.39 is 0 Å². The molecule has 5 N–H and O–H groups in total. The van der Waals surface area contributed by atoms with Gasteiger partial charge in [0.05, 0.1) is 12.8 Å². The van der Waals surface area contributed by atoms with Crippen LogP contribution in [-0.2, 0) is 6.61 Å². The molecule has 1 aromatic carbocycles. The highest BCUT2D eigenvalue weighted by molar-refractivity contribution is 5.80. The second-order valence-electron chi connectivity index (χ2n) is 6.21. The minimum Gasteiger partial charge on any atom is -0.392 e. The van der Waals surface area contributed by atoms with E-state index in [0.29, 0.717) is 13.1 Å². The Hall–Kier alpha value is -2.64. The highest BCUT2D eigenvalue weighted by Crippen LogP contribution is 2.28. The Bertz CT molecular complexity index is 860. The van der Waals surface area contributed by atoms with Crippen molar-refractivity contribution < 1.29 is 5.11 Å². The van der Waals surface area contributed by atoms with Gasteiger partial charge in [-0.05, 0) is 41.8 Å². The fraction of sp³-hybridized carbons (Fsp3) is 0.368. The van der Waals surface area contributed by atoms with Gasteiger partial charge in [-0.25, -0.2) is 9.50 Å². The lowest BCUT2D eigenvalue weighted by molar-refractivity contribution is 0.282. The smallest absolute Gasteiger partial charge is 0.165 e. The molecule has 0 spiro atoms. The molecule has 0 aliphatic carbocycles. The number of unbranched alkanes of at least 4 members (excludes halogenated alkanes) is 1. The Kier molecular flexibility index (Phi) is 6.04. The average Bonchev–Trinajstić information content (AvgIpc) is 3.09. The number of aliphatic hydroxyl groups is 1. The number of rotatable bonds is 9. The number of fused-ring (bicyclic) bond motifs is 1. The maximum Gasteiger partial charge on any atom is 0.165 e. The lowest BCUT2D eigenvalue weighted by atomic mass is 10.0. The van der Waals surface area contributed by atoms with Gasteiger partial charge in [-0.1, -0.05) is 13.3 Å². The quantitative estimate of drug-likeness (QED) is 0.441. The molecule has 3 rings (SSSR count). The summed E-state index contributed by atoms with van der Waals surface area (Å²) in [7, 11) is 0. The van der Waals surface area contributed by atoms with E-state index in [0.717, 1.165) is 53.2 Å². The average molecular weight is 354 g/mol. The number of hydrogen-bond acceptors (Lipinski definition) is 6. The van der Waals surface area contributed by atoms with Crippen LogP contribution in [0.3, 0.4) is 0 Å². The molecule has 2 aromatic heterocycles. The van der Waals surface area contributed by atoms with Crippen LogP contribution in [0.4, 0.5) is 11.5 Å². The first-order valence-electron chi connectivity index (χ1n) is 9.02. The van der Waals surface area contributed by atoms with E-state index in [1.807, 2.05) is 30.5 Å². The molecule has 0 amide bonds. The number of nitrogens with zero attached hydrogens (tertiary/aromatic N) is 3. The highest BCUT2D eigenvalue weighted by atomic mass is 16.3. The lowest BCUT2D eigenvalue weighted by Crippen LogP contribution is -2.13. The van der Waals surface area contributed by atoms with E-state index in [4.69, 9.17) is 10.7 Å². The summed E-state index contributed by atoms with van der Waals surface area (Å²) in [5.41, 5.74) is 10.0. The number of anilines is 2. The van der Waals surface area contributed by atoms with Gasteiger partial charge in [-0.2, -0.15) is 5.10 Å². The van der Waals surface area contributed by atoms with Crippen LogP contribution in [0, 0.1) is 0 Å². The van der Waals surface area contributed by atoms with Gasteiger partial charge in [0.1, 0.15) is 5.82 Å². The fourth-order valence-electron chi connectivity index (χ4n) is 2.82. The van der Waals surface area contributed by atoms with Crippen molar-refractivity contribution in [2.24, 2.45) is 5.73 Å².